The topological polar surface area (TPSA) is 61.8 Å². The Morgan fingerprint density at radius 1 is 1.50 bits per heavy atom. The molecular formula is C15H22N2O3. The van der Waals surface area contributed by atoms with Gasteiger partial charge in [0.2, 0.25) is 5.91 Å². The zero-order valence-electron chi connectivity index (χ0n) is 12.3. The number of ether oxygens (including phenoxy) is 1. The number of carbonyl (C=O) groups excluding carboxylic acids is 1. The second kappa shape index (κ2) is 5.81. The van der Waals surface area contributed by atoms with E-state index in [9.17, 15) is 9.90 Å². The van der Waals surface area contributed by atoms with E-state index in [1.807, 2.05) is 36.9 Å². The lowest BCUT2D eigenvalue weighted by atomic mass is 9.91. The van der Waals surface area contributed by atoms with Crippen LogP contribution in [0.4, 0.5) is 5.69 Å². The van der Waals surface area contributed by atoms with E-state index in [1.54, 1.807) is 7.11 Å². The molecule has 20 heavy (non-hydrogen) atoms. The molecule has 0 unspecified atom stereocenters. The van der Waals surface area contributed by atoms with Gasteiger partial charge in [0.1, 0.15) is 5.75 Å². The monoisotopic (exact) mass is 278 g/mol. The van der Waals surface area contributed by atoms with Crippen molar-refractivity contribution < 1.29 is 14.6 Å². The number of aliphatic hydroxyl groups is 1. The molecular weight excluding hydrogens is 256 g/mol. The Labute approximate surface area is 119 Å². The predicted molar refractivity (Wildman–Crippen MR) is 78.0 cm³/mol. The first-order chi connectivity index (χ1) is 9.45. The quantitative estimate of drug-likeness (QED) is 0.854. The van der Waals surface area contributed by atoms with Gasteiger partial charge in [0.25, 0.3) is 0 Å². The van der Waals surface area contributed by atoms with Crippen LogP contribution in [0.1, 0.15) is 18.9 Å². The molecule has 5 nitrogen and oxygen atoms in total. The normalized spacial score (nSPS) is 17.4. The Morgan fingerprint density at radius 2 is 2.20 bits per heavy atom. The molecule has 1 heterocycles. The van der Waals surface area contributed by atoms with Crippen LogP contribution >= 0.6 is 0 Å². The van der Waals surface area contributed by atoms with Crippen molar-refractivity contribution in [2.45, 2.75) is 25.9 Å². The van der Waals surface area contributed by atoms with Crippen molar-refractivity contribution in [1.82, 2.24) is 4.90 Å². The van der Waals surface area contributed by atoms with E-state index in [1.165, 1.54) is 0 Å². The molecule has 0 aliphatic carbocycles. The van der Waals surface area contributed by atoms with Gasteiger partial charge in [0, 0.05) is 13.1 Å². The summed E-state index contributed by atoms with van der Waals surface area (Å²) in [4.78, 5) is 13.9. The minimum atomic E-state index is -0.610. The molecule has 5 heteroatoms. The highest BCUT2D eigenvalue weighted by molar-refractivity contribution is 5.93. The average molecular weight is 278 g/mol. The Morgan fingerprint density at radius 3 is 2.80 bits per heavy atom. The van der Waals surface area contributed by atoms with Gasteiger partial charge in [-0.25, -0.2) is 0 Å². The first-order valence-electron chi connectivity index (χ1n) is 6.85. The summed E-state index contributed by atoms with van der Waals surface area (Å²) >= 11 is 0. The van der Waals surface area contributed by atoms with Crippen LogP contribution < -0.4 is 10.1 Å². The van der Waals surface area contributed by atoms with Crippen molar-refractivity contribution >= 4 is 11.6 Å². The number of nitrogens with zero attached hydrogens (tertiary/aromatic N) is 1. The summed E-state index contributed by atoms with van der Waals surface area (Å²) in [5, 5.41) is 12.8. The summed E-state index contributed by atoms with van der Waals surface area (Å²) in [5.74, 6) is 0.560. The molecule has 0 atom stereocenters. The number of carbonyl (C=O) groups is 1. The maximum absolute atomic E-state index is 12.0. The zero-order chi connectivity index (χ0) is 14.8. The third-order valence-electron chi connectivity index (χ3n) is 3.69. The van der Waals surface area contributed by atoms with Gasteiger partial charge in [-0.3, -0.25) is 9.69 Å². The molecule has 0 aromatic heterocycles. The molecule has 0 spiro atoms. The number of rotatable bonds is 5. The molecule has 110 valence electrons. The van der Waals surface area contributed by atoms with Crippen molar-refractivity contribution in [3.05, 3.63) is 23.8 Å². The average Bonchev–Trinajstić information content (AvgIpc) is 2.37. The van der Waals surface area contributed by atoms with Crippen molar-refractivity contribution in [1.29, 1.82) is 0 Å². The van der Waals surface area contributed by atoms with E-state index in [0.717, 1.165) is 12.0 Å². The Kier molecular flexibility index (Phi) is 4.30. The molecule has 1 fully saturated rings. The summed E-state index contributed by atoms with van der Waals surface area (Å²) < 4.78 is 5.23. The van der Waals surface area contributed by atoms with Gasteiger partial charge < -0.3 is 15.2 Å². The van der Waals surface area contributed by atoms with E-state index < -0.39 is 5.60 Å². The smallest absolute Gasteiger partial charge is 0.238 e. The lowest BCUT2D eigenvalue weighted by Crippen LogP contribution is -2.62. The van der Waals surface area contributed by atoms with Crippen molar-refractivity contribution in [2.75, 3.05) is 32.1 Å². The molecule has 1 aromatic rings. The first kappa shape index (κ1) is 14.8. The Bertz CT molecular complexity index is 496. The number of β-amino-alcohol motifs (C(OH)–C–C–N with tert-alkyl or cyclic N) is 1. The van der Waals surface area contributed by atoms with E-state index in [2.05, 4.69) is 5.32 Å². The van der Waals surface area contributed by atoms with Crippen molar-refractivity contribution in [2.24, 2.45) is 0 Å². The maximum atomic E-state index is 12.0. The number of amides is 1. The van der Waals surface area contributed by atoms with E-state index in [-0.39, 0.29) is 5.91 Å². The highest BCUT2D eigenvalue weighted by atomic mass is 16.5. The summed E-state index contributed by atoms with van der Waals surface area (Å²) in [6.45, 7) is 5.32. The van der Waals surface area contributed by atoms with Crippen LogP contribution in [0.5, 0.6) is 5.75 Å². The van der Waals surface area contributed by atoms with E-state index in [0.29, 0.717) is 31.1 Å². The van der Waals surface area contributed by atoms with Crippen LogP contribution in [0.15, 0.2) is 18.2 Å². The van der Waals surface area contributed by atoms with Gasteiger partial charge in [0.05, 0.1) is 24.9 Å². The number of methoxy groups -OCH3 is 1. The highest BCUT2D eigenvalue weighted by Gasteiger charge is 2.39. The molecule has 0 bridgehead atoms. The number of hydrogen-bond donors (Lipinski definition) is 2. The zero-order valence-corrected chi connectivity index (χ0v) is 12.3. The fraction of sp³-hybridized carbons (Fsp3) is 0.533. The minimum absolute atomic E-state index is 0.0907. The molecule has 0 saturated carbocycles. The number of hydrogen-bond acceptors (Lipinski definition) is 4. The second-order valence-electron chi connectivity index (χ2n) is 5.47. The lowest BCUT2D eigenvalue weighted by molar-refractivity contribution is -0.128. The number of anilines is 1. The molecule has 1 aromatic carbocycles. The minimum Gasteiger partial charge on any atom is -0.495 e. The number of nitrogens with one attached hydrogen (secondary N) is 1. The van der Waals surface area contributed by atoms with Gasteiger partial charge in [-0.15, -0.1) is 0 Å². The Hall–Kier alpha value is -1.59. The molecule has 2 N–H and O–H groups in total. The van der Waals surface area contributed by atoms with Gasteiger partial charge in [0.15, 0.2) is 0 Å². The van der Waals surface area contributed by atoms with E-state index >= 15 is 0 Å². The SMILES string of the molecule is CCC1(O)CN(CC(=O)Nc2cc(C)ccc2OC)C1. The summed E-state index contributed by atoms with van der Waals surface area (Å²) in [6.07, 6.45) is 0.719. The van der Waals surface area contributed by atoms with Crippen LogP contribution in [0.2, 0.25) is 0 Å². The number of likely N-dealkylation sites (tertiary alicyclic amines) is 1. The maximum Gasteiger partial charge on any atom is 0.238 e. The van der Waals surface area contributed by atoms with Crippen molar-refractivity contribution in [3.8, 4) is 5.75 Å². The third kappa shape index (κ3) is 3.29. The predicted octanol–water partition coefficient (Wildman–Crippen LogP) is 1.40. The Balaban J connectivity index is 1.91. The van der Waals surface area contributed by atoms with Gasteiger partial charge in [-0.2, -0.15) is 0 Å². The van der Waals surface area contributed by atoms with Gasteiger partial charge >= 0.3 is 0 Å². The molecule has 1 saturated heterocycles. The second-order valence-corrected chi connectivity index (χ2v) is 5.47. The summed E-state index contributed by atoms with van der Waals surface area (Å²) in [5.41, 5.74) is 1.13. The first-order valence-corrected chi connectivity index (χ1v) is 6.85. The summed E-state index contributed by atoms with van der Waals surface area (Å²) in [6, 6.07) is 5.66. The van der Waals surface area contributed by atoms with Crippen LogP contribution in [-0.2, 0) is 4.79 Å². The van der Waals surface area contributed by atoms with Gasteiger partial charge in [-0.1, -0.05) is 13.0 Å². The lowest BCUT2D eigenvalue weighted by Gasteiger charge is -2.45. The largest absolute Gasteiger partial charge is 0.495 e. The molecule has 1 amide bonds. The third-order valence-corrected chi connectivity index (χ3v) is 3.69. The van der Waals surface area contributed by atoms with Gasteiger partial charge in [-0.05, 0) is 31.0 Å². The molecule has 1 aliphatic heterocycles. The van der Waals surface area contributed by atoms with Crippen LogP contribution in [-0.4, -0.2) is 48.3 Å². The number of benzene rings is 1. The molecule has 2 rings (SSSR count). The standard InChI is InChI=1S/C15H22N2O3/c1-4-15(19)9-17(10-15)8-14(18)16-12-7-11(2)5-6-13(12)20-3/h5-7,19H,4,8-10H2,1-3H3,(H,16,18). The fourth-order valence-electron chi connectivity index (χ4n) is 2.43. The van der Waals surface area contributed by atoms with Crippen molar-refractivity contribution in [3.63, 3.8) is 0 Å². The van der Waals surface area contributed by atoms with Crippen LogP contribution in [0.3, 0.4) is 0 Å². The van der Waals surface area contributed by atoms with Crippen LogP contribution in [0, 0.1) is 6.92 Å². The fourth-order valence-corrected chi connectivity index (χ4v) is 2.43. The highest BCUT2D eigenvalue weighted by Crippen LogP contribution is 2.26. The van der Waals surface area contributed by atoms with E-state index in [4.69, 9.17) is 4.74 Å². The number of aryl methyl sites for hydroxylation is 1. The molecule has 0 radical (unpaired) electrons. The summed E-state index contributed by atoms with van der Waals surface area (Å²) in [7, 11) is 1.58. The molecule has 1 aliphatic rings. The van der Waals surface area contributed by atoms with Crippen LogP contribution in [0.25, 0.3) is 0 Å².